The number of nitrogens with two attached hydrogens (primary N) is 1. The molecular weight excluding hydrogens is 212 g/mol. The minimum Gasteiger partial charge on any atom is -0.444 e. The van der Waals surface area contributed by atoms with E-state index in [1.54, 1.807) is 6.26 Å². The highest BCUT2D eigenvalue weighted by molar-refractivity contribution is 5.58. The fraction of sp³-hybridized carbons (Fsp3) is 0.357. The lowest BCUT2D eigenvalue weighted by Gasteiger charge is -2.18. The Morgan fingerprint density at radius 1 is 1.29 bits per heavy atom. The molecule has 0 aliphatic heterocycles. The van der Waals surface area contributed by atoms with Gasteiger partial charge in [-0.3, -0.25) is 0 Å². The average molecular weight is 230 g/mol. The Kier molecular flexibility index (Phi) is 3.03. The summed E-state index contributed by atoms with van der Waals surface area (Å²) in [6.07, 6.45) is 1.70. The molecule has 0 saturated heterocycles. The topological polar surface area (TPSA) is 52.0 Å². The highest BCUT2D eigenvalue weighted by Gasteiger charge is 2.23. The Labute approximate surface area is 102 Å². The Balaban J connectivity index is 2.40. The van der Waals surface area contributed by atoms with Gasteiger partial charge in [-0.15, -0.1) is 0 Å². The molecule has 0 saturated carbocycles. The van der Waals surface area contributed by atoms with E-state index in [1.807, 2.05) is 31.2 Å². The minimum absolute atomic E-state index is 0.148. The van der Waals surface area contributed by atoms with E-state index in [-0.39, 0.29) is 5.41 Å². The lowest BCUT2D eigenvalue weighted by Crippen LogP contribution is -2.28. The van der Waals surface area contributed by atoms with E-state index in [9.17, 15) is 0 Å². The Morgan fingerprint density at radius 3 is 2.65 bits per heavy atom. The first kappa shape index (κ1) is 11.9. The molecule has 0 aliphatic carbocycles. The molecule has 3 nitrogen and oxygen atoms in total. The highest BCUT2D eigenvalue weighted by atomic mass is 16.3. The second kappa shape index (κ2) is 4.34. The van der Waals surface area contributed by atoms with Crippen molar-refractivity contribution in [2.24, 2.45) is 5.73 Å². The summed E-state index contributed by atoms with van der Waals surface area (Å²) in [5.74, 6) is 0.666. The van der Waals surface area contributed by atoms with Gasteiger partial charge in [0.15, 0.2) is 0 Å². The summed E-state index contributed by atoms with van der Waals surface area (Å²) in [7, 11) is 0. The van der Waals surface area contributed by atoms with Crippen LogP contribution in [0.2, 0.25) is 0 Å². The van der Waals surface area contributed by atoms with Crippen molar-refractivity contribution in [3.63, 3.8) is 0 Å². The number of hydrogen-bond donors (Lipinski definition) is 1. The normalized spacial score (nSPS) is 11.8. The van der Waals surface area contributed by atoms with Crippen LogP contribution >= 0.6 is 0 Å². The molecule has 0 unspecified atom stereocenters. The summed E-state index contributed by atoms with van der Waals surface area (Å²) < 4.78 is 5.55. The summed E-state index contributed by atoms with van der Waals surface area (Å²) in [6.45, 7) is 6.72. The van der Waals surface area contributed by atoms with Gasteiger partial charge >= 0.3 is 0 Å². The van der Waals surface area contributed by atoms with Crippen molar-refractivity contribution in [3.8, 4) is 11.5 Å². The smallest absolute Gasteiger partial charge is 0.226 e. The molecule has 0 spiro atoms. The van der Waals surface area contributed by atoms with Crippen LogP contribution < -0.4 is 5.73 Å². The van der Waals surface area contributed by atoms with Crippen LogP contribution in [0.15, 0.2) is 34.9 Å². The molecule has 3 heteroatoms. The first-order valence-corrected chi connectivity index (χ1v) is 5.76. The Bertz CT molecular complexity index is 514. The number of rotatable bonds is 3. The van der Waals surface area contributed by atoms with Gasteiger partial charge in [-0.05, 0) is 18.6 Å². The van der Waals surface area contributed by atoms with Crippen molar-refractivity contribution in [2.75, 3.05) is 6.54 Å². The van der Waals surface area contributed by atoms with E-state index >= 15 is 0 Å². The summed E-state index contributed by atoms with van der Waals surface area (Å²) >= 11 is 0. The van der Waals surface area contributed by atoms with Gasteiger partial charge in [0.1, 0.15) is 6.26 Å². The maximum absolute atomic E-state index is 5.73. The van der Waals surface area contributed by atoms with Gasteiger partial charge in [0.25, 0.3) is 0 Å². The first-order chi connectivity index (χ1) is 8.04. The maximum Gasteiger partial charge on any atom is 0.226 e. The molecule has 0 amide bonds. The molecule has 17 heavy (non-hydrogen) atoms. The number of benzene rings is 1. The van der Waals surface area contributed by atoms with Crippen LogP contribution in [-0.2, 0) is 5.41 Å². The van der Waals surface area contributed by atoms with Crippen molar-refractivity contribution in [3.05, 3.63) is 41.8 Å². The third-order valence-electron chi connectivity index (χ3n) is 3.08. The zero-order valence-corrected chi connectivity index (χ0v) is 10.5. The first-order valence-electron chi connectivity index (χ1n) is 5.76. The summed E-state index contributed by atoms with van der Waals surface area (Å²) in [6, 6.07) is 8.06. The molecule has 1 aromatic heterocycles. The zero-order chi connectivity index (χ0) is 12.5. The molecule has 0 aliphatic rings. The molecule has 1 heterocycles. The van der Waals surface area contributed by atoms with E-state index in [4.69, 9.17) is 10.2 Å². The lowest BCUT2D eigenvalue weighted by molar-refractivity contribution is 0.512. The van der Waals surface area contributed by atoms with Crippen LogP contribution in [0.5, 0.6) is 0 Å². The quantitative estimate of drug-likeness (QED) is 0.882. The third kappa shape index (κ3) is 2.24. The second-order valence-electron chi connectivity index (χ2n) is 4.94. The van der Waals surface area contributed by atoms with Crippen LogP contribution in [0.3, 0.4) is 0 Å². The molecule has 2 rings (SSSR count). The molecule has 1 aromatic carbocycles. The minimum atomic E-state index is -0.148. The van der Waals surface area contributed by atoms with Crippen LogP contribution in [0, 0.1) is 6.92 Å². The van der Waals surface area contributed by atoms with E-state index in [0.29, 0.717) is 12.4 Å². The van der Waals surface area contributed by atoms with Crippen LogP contribution in [0.4, 0.5) is 0 Å². The van der Waals surface area contributed by atoms with E-state index in [1.165, 1.54) is 0 Å². The Hall–Kier alpha value is -1.61. The monoisotopic (exact) mass is 230 g/mol. The largest absolute Gasteiger partial charge is 0.444 e. The predicted octanol–water partition coefficient (Wildman–Crippen LogP) is 2.89. The van der Waals surface area contributed by atoms with Crippen LogP contribution in [0.25, 0.3) is 11.5 Å². The van der Waals surface area contributed by atoms with Gasteiger partial charge in [-0.1, -0.05) is 32.0 Å². The predicted molar refractivity (Wildman–Crippen MR) is 68.8 cm³/mol. The van der Waals surface area contributed by atoms with Gasteiger partial charge in [-0.25, -0.2) is 4.98 Å². The van der Waals surface area contributed by atoms with E-state index in [2.05, 4.69) is 18.8 Å². The number of nitrogens with zero attached hydrogens (tertiary/aromatic N) is 1. The van der Waals surface area contributed by atoms with Gasteiger partial charge in [-0.2, -0.15) is 0 Å². The molecule has 0 fully saturated rings. The molecule has 0 radical (unpaired) electrons. The van der Waals surface area contributed by atoms with Crippen LogP contribution in [-0.4, -0.2) is 11.5 Å². The number of aryl methyl sites for hydroxylation is 1. The Morgan fingerprint density at radius 2 is 2.00 bits per heavy atom. The maximum atomic E-state index is 5.73. The van der Waals surface area contributed by atoms with Crippen molar-refractivity contribution < 1.29 is 4.42 Å². The summed E-state index contributed by atoms with van der Waals surface area (Å²) in [4.78, 5) is 4.54. The molecule has 0 atom stereocenters. The van der Waals surface area contributed by atoms with Crippen LogP contribution in [0.1, 0.15) is 25.1 Å². The SMILES string of the molecule is Cc1ccccc1-c1nc(C(C)(C)CN)co1. The second-order valence-corrected chi connectivity index (χ2v) is 4.94. The fourth-order valence-corrected chi connectivity index (χ4v) is 1.63. The molecule has 2 N–H and O–H groups in total. The van der Waals surface area contributed by atoms with Crippen molar-refractivity contribution in [2.45, 2.75) is 26.2 Å². The fourth-order valence-electron chi connectivity index (χ4n) is 1.63. The van der Waals surface area contributed by atoms with E-state index in [0.717, 1.165) is 16.8 Å². The van der Waals surface area contributed by atoms with Gasteiger partial charge in [0.05, 0.1) is 5.69 Å². The van der Waals surface area contributed by atoms with E-state index < -0.39 is 0 Å². The van der Waals surface area contributed by atoms with Gasteiger partial charge in [0.2, 0.25) is 5.89 Å². The number of aromatic nitrogens is 1. The molecule has 0 bridgehead atoms. The van der Waals surface area contributed by atoms with Crippen molar-refractivity contribution in [1.82, 2.24) is 4.98 Å². The molecule has 90 valence electrons. The van der Waals surface area contributed by atoms with Gasteiger partial charge in [0, 0.05) is 17.5 Å². The summed E-state index contributed by atoms with van der Waals surface area (Å²) in [5, 5.41) is 0. The molecular formula is C14H18N2O. The highest BCUT2D eigenvalue weighted by Crippen LogP contribution is 2.27. The summed E-state index contributed by atoms with van der Waals surface area (Å²) in [5.41, 5.74) is 8.68. The average Bonchev–Trinajstić information content (AvgIpc) is 2.79. The number of oxazole rings is 1. The number of hydrogen-bond acceptors (Lipinski definition) is 3. The zero-order valence-electron chi connectivity index (χ0n) is 10.5. The third-order valence-corrected chi connectivity index (χ3v) is 3.08. The standard InChI is InChI=1S/C14H18N2O/c1-10-6-4-5-7-11(10)13-16-12(8-17-13)14(2,3)9-15/h4-8H,9,15H2,1-3H3. The van der Waals surface area contributed by atoms with Crippen molar-refractivity contribution in [1.29, 1.82) is 0 Å². The van der Waals surface area contributed by atoms with Gasteiger partial charge < -0.3 is 10.2 Å². The van der Waals surface area contributed by atoms with Crippen molar-refractivity contribution >= 4 is 0 Å². The lowest BCUT2D eigenvalue weighted by atomic mass is 9.90. The molecule has 2 aromatic rings.